The highest BCUT2D eigenvalue weighted by Gasteiger charge is 2.35. The van der Waals surface area contributed by atoms with Crippen molar-refractivity contribution in [2.75, 3.05) is 0 Å². The minimum Gasteiger partial charge on any atom is -0.294 e. The van der Waals surface area contributed by atoms with E-state index < -0.39 is 0 Å². The lowest BCUT2D eigenvalue weighted by Crippen LogP contribution is -2.36. The zero-order valence-corrected chi connectivity index (χ0v) is 10.8. The monoisotopic (exact) mass is 280 g/mol. The lowest BCUT2D eigenvalue weighted by Gasteiger charge is -2.23. The number of halogens is 1. The topological polar surface area (TPSA) is 24.1 Å². The van der Waals surface area contributed by atoms with Crippen LogP contribution in [0.1, 0.15) is 37.4 Å². The summed E-state index contributed by atoms with van der Waals surface area (Å²) in [4.78, 5) is 0. The van der Waals surface area contributed by atoms with Crippen LogP contribution in [0.15, 0.2) is 28.7 Å². The van der Waals surface area contributed by atoms with E-state index in [4.69, 9.17) is 0 Å². The van der Waals surface area contributed by atoms with Crippen LogP contribution in [-0.4, -0.2) is 12.1 Å². The molecule has 0 spiro atoms. The lowest BCUT2D eigenvalue weighted by atomic mass is 9.92. The summed E-state index contributed by atoms with van der Waals surface area (Å²) in [6, 6.07) is 9.81. The second-order valence-corrected chi connectivity index (χ2v) is 5.64. The normalized spacial score (nSPS) is 33.7. The summed E-state index contributed by atoms with van der Waals surface area (Å²) in [6.07, 6.45) is 5.71. The molecule has 2 atom stereocenters. The molecule has 0 amide bonds. The van der Waals surface area contributed by atoms with E-state index in [0.717, 1.165) is 0 Å². The molecule has 0 radical (unpaired) electrons. The Morgan fingerprint density at radius 2 is 1.62 bits per heavy atom. The minimum atomic E-state index is 0.323. The first-order chi connectivity index (χ1) is 7.84. The quantitative estimate of drug-likeness (QED) is 0.827. The van der Waals surface area contributed by atoms with Gasteiger partial charge in [-0.25, -0.2) is 0 Å². The van der Waals surface area contributed by atoms with Crippen molar-refractivity contribution in [2.24, 2.45) is 0 Å². The largest absolute Gasteiger partial charge is 0.294 e. The maximum absolute atomic E-state index is 3.71. The third-order valence-electron chi connectivity index (χ3n) is 3.74. The van der Waals surface area contributed by atoms with Crippen molar-refractivity contribution in [2.45, 2.75) is 43.9 Å². The molecule has 1 aliphatic heterocycles. The summed E-state index contributed by atoms with van der Waals surface area (Å²) < 4.78 is 1.19. The number of hydrogen-bond acceptors (Lipinski definition) is 2. The highest BCUT2D eigenvalue weighted by atomic mass is 79.9. The number of nitrogens with one attached hydrogen (secondary N) is 2. The van der Waals surface area contributed by atoms with E-state index in [1.165, 1.54) is 35.7 Å². The van der Waals surface area contributed by atoms with Crippen molar-refractivity contribution in [3.8, 4) is 0 Å². The Labute approximate surface area is 105 Å². The van der Waals surface area contributed by atoms with Gasteiger partial charge < -0.3 is 0 Å². The van der Waals surface area contributed by atoms with E-state index in [2.05, 4.69) is 50.8 Å². The molecule has 2 nitrogen and oxygen atoms in total. The van der Waals surface area contributed by atoms with Crippen molar-refractivity contribution in [1.29, 1.82) is 0 Å². The van der Waals surface area contributed by atoms with Crippen LogP contribution in [-0.2, 0) is 0 Å². The molecule has 86 valence electrons. The van der Waals surface area contributed by atoms with Gasteiger partial charge >= 0.3 is 0 Å². The molecule has 0 aromatic heterocycles. The first-order valence-electron chi connectivity index (χ1n) is 6.11. The summed E-state index contributed by atoms with van der Waals surface area (Å²) in [5, 5.41) is 7.42. The summed E-state index contributed by atoms with van der Waals surface area (Å²) in [7, 11) is 0. The van der Waals surface area contributed by atoms with E-state index >= 15 is 0 Å². The molecule has 2 fully saturated rings. The maximum atomic E-state index is 3.71. The molecule has 1 saturated heterocycles. The second-order valence-electron chi connectivity index (χ2n) is 4.79. The Balaban J connectivity index is 1.80. The molecule has 2 aliphatic rings. The van der Waals surface area contributed by atoms with Crippen LogP contribution in [0.4, 0.5) is 0 Å². The molecular formula is C13H17BrN2. The number of rotatable bonds is 1. The molecule has 0 bridgehead atoms. The van der Waals surface area contributed by atoms with Gasteiger partial charge in [-0.2, -0.15) is 0 Å². The third kappa shape index (κ3) is 1.92. The summed E-state index contributed by atoms with van der Waals surface area (Å²) in [5.74, 6) is 0. The first-order valence-corrected chi connectivity index (χ1v) is 6.90. The van der Waals surface area contributed by atoms with Crippen LogP contribution in [0.3, 0.4) is 0 Å². The predicted octanol–water partition coefficient (Wildman–Crippen LogP) is 2.95. The fraction of sp³-hybridized carbons (Fsp3) is 0.538. The standard InChI is InChI=1S/C13H17BrN2/c14-10-6-2-1-5-9(10)13-15-11-7-3-4-8-12(11)16-13/h1-2,5-6,11-13,15-16H,3-4,7-8H2. The van der Waals surface area contributed by atoms with Gasteiger partial charge in [0.15, 0.2) is 0 Å². The number of fused-ring (bicyclic) bond motifs is 1. The zero-order chi connectivity index (χ0) is 11.0. The van der Waals surface area contributed by atoms with Crippen molar-refractivity contribution >= 4 is 15.9 Å². The lowest BCUT2D eigenvalue weighted by molar-refractivity contribution is 0.374. The van der Waals surface area contributed by atoms with Gasteiger partial charge in [0.2, 0.25) is 0 Å². The number of hydrogen-bond donors (Lipinski definition) is 2. The van der Waals surface area contributed by atoms with Gasteiger partial charge in [-0.15, -0.1) is 0 Å². The fourth-order valence-electron chi connectivity index (χ4n) is 2.89. The molecule has 2 N–H and O–H groups in total. The number of benzene rings is 1. The fourth-order valence-corrected chi connectivity index (χ4v) is 3.41. The maximum Gasteiger partial charge on any atom is 0.0851 e. The average molecular weight is 281 g/mol. The molecule has 1 saturated carbocycles. The van der Waals surface area contributed by atoms with E-state index in [9.17, 15) is 0 Å². The van der Waals surface area contributed by atoms with Crippen LogP contribution >= 0.6 is 15.9 Å². The van der Waals surface area contributed by atoms with E-state index in [0.29, 0.717) is 18.2 Å². The molecule has 2 unspecified atom stereocenters. The van der Waals surface area contributed by atoms with Crippen LogP contribution in [0.5, 0.6) is 0 Å². The average Bonchev–Trinajstić information content (AvgIpc) is 2.73. The molecule has 1 heterocycles. The van der Waals surface area contributed by atoms with E-state index in [1.807, 2.05) is 0 Å². The second kappa shape index (κ2) is 4.47. The Kier molecular flexibility index (Phi) is 3.01. The Morgan fingerprint density at radius 1 is 1.00 bits per heavy atom. The Bertz CT molecular complexity index is 366. The van der Waals surface area contributed by atoms with Crippen LogP contribution in [0.25, 0.3) is 0 Å². The smallest absolute Gasteiger partial charge is 0.0851 e. The third-order valence-corrected chi connectivity index (χ3v) is 4.47. The highest BCUT2D eigenvalue weighted by Crippen LogP contribution is 2.30. The van der Waals surface area contributed by atoms with Crippen molar-refractivity contribution in [1.82, 2.24) is 10.6 Å². The molecule has 16 heavy (non-hydrogen) atoms. The van der Waals surface area contributed by atoms with Gasteiger partial charge in [0, 0.05) is 16.6 Å². The summed E-state index contributed by atoms with van der Waals surface area (Å²) >= 11 is 3.63. The SMILES string of the molecule is Brc1ccccc1C1NC2CCCCC2N1. The highest BCUT2D eigenvalue weighted by molar-refractivity contribution is 9.10. The first kappa shape index (κ1) is 10.8. The van der Waals surface area contributed by atoms with Gasteiger partial charge in [-0.3, -0.25) is 10.6 Å². The molecule has 1 aromatic rings. The minimum absolute atomic E-state index is 0.323. The van der Waals surface area contributed by atoms with Gasteiger partial charge in [0.05, 0.1) is 6.17 Å². The van der Waals surface area contributed by atoms with Gasteiger partial charge in [0.1, 0.15) is 0 Å². The van der Waals surface area contributed by atoms with Crippen LogP contribution in [0.2, 0.25) is 0 Å². The predicted molar refractivity (Wildman–Crippen MR) is 69.2 cm³/mol. The molecular weight excluding hydrogens is 264 g/mol. The van der Waals surface area contributed by atoms with Gasteiger partial charge in [-0.1, -0.05) is 47.0 Å². The summed E-state index contributed by atoms with van der Waals surface area (Å²) in [6.45, 7) is 0. The van der Waals surface area contributed by atoms with Crippen LogP contribution < -0.4 is 10.6 Å². The van der Waals surface area contributed by atoms with Gasteiger partial charge in [0.25, 0.3) is 0 Å². The van der Waals surface area contributed by atoms with Crippen LogP contribution in [0, 0.1) is 0 Å². The molecule has 3 heteroatoms. The summed E-state index contributed by atoms with van der Waals surface area (Å²) in [5.41, 5.74) is 1.33. The van der Waals surface area contributed by atoms with Crippen molar-refractivity contribution < 1.29 is 0 Å². The van der Waals surface area contributed by atoms with Crippen molar-refractivity contribution in [3.63, 3.8) is 0 Å². The Morgan fingerprint density at radius 3 is 2.25 bits per heavy atom. The van der Waals surface area contributed by atoms with E-state index in [-0.39, 0.29) is 0 Å². The Hall–Kier alpha value is -0.380. The zero-order valence-electron chi connectivity index (χ0n) is 9.25. The van der Waals surface area contributed by atoms with Gasteiger partial charge in [-0.05, 0) is 24.5 Å². The molecule has 1 aromatic carbocycles. The van der Waals surface area contributed by atoms with E-state index in [1.54, 1.807) is 0 Å². The molecule has 1 aliphatic carbocycles. The molecule has 3 rings (SSSR count). The van der Waals surface area contributed by atoms with Crippen molar-refractivity contribution in [3.05, 3.63) is 34.3 Å².